The predicted octanol–water partition coefficient (Wildman–Crippen LogP) is 3.89. The molecule has 2 atom stereocenters. The normalized spacial score (nSPS) is 20.3. The number of nitrogens with one attached hydrogen (secondary N) is 1. The number of hydrogen-bond acceptors (Lipinski definition) is 6. The first-order chi connectivity index (χ1) is 14.9. The van der Waals surface area contributed by atoms with E-state index in [4.69, 9.17) is 5.73 Å². The summed E-state index contributed by atoms with van der Waals surface area (Å²) in [7, 11) is 1.85. The molecular formula is C21H22F2N6OS. The number of nitrogens with two attached hydrogens (primary N) is 1. The van der Waals surface area contributed by atoms with Crippen LogP contribution in [-0.4, -0.2) is 33.8 Å². The van der Waals surface area contributed by atoms with Gasteiger partial charge >= 0.3 is 0 Å². The number of rotatable bonds is 4. The summed E-state index contributed by atoms with van der Waals surface area (Å²) in [5.74, 6) is 0.143. The summed E-state index contributed by atoms with van der Waals surface area (Å²) in [5.41, 5.74) is 6.21. The van der Waals surface area contributed by atoms with Gasteiger partial charge in [0.1, 0.15) is 27.3 Å². The molecule has 3 heterocycles. The number of piperidine rings is 1. The molecule has 3 N–H and O–H groups in total. The topological polar surface area (TPSA) is 89.1 Å². The van der Waals surface area contributed by atoms with Gasteiger partial charge in [0.05, 0.1) is 11.8 Å². The minimum Gasteiger partial charge on any atom is -0.389 e. The third-order valence-corrected chi connectivity index (χ3v) is 7.01. The number of carbonyl (C=O) groups is 1. The van der Waals surface area contributed by atoms with Gasteiger partial charge in [-0.25, -0.2) is 13.8 Å². The Morgan fingerprint density at radius 3 is 2.58 bits per heavy atom. The van der Waals surface area contributed by atoms with Crippen molar-refractivity contribution >= 4 is 33.8 Å². The summed E-state index contributed by atoms with van der Waals surface area (Å²) in [4.78, 5) is 19.4. The van der Waals surface area contributed by atoms with Crippen molar-refractivity contribution in [3.8, 4) is 10.6 Å². The molecule has 5 rings (SSSR count). The summed E-state index contributed by atoms with van der Waals surface area (Å²) >= 11 is 0.876. The molecule has 1 aliphatic heterocycles. The number of carbonyl (C=O) groups excluding carboxylic acids is 1. The zero-order chi connectivity index (χ0) is 21.7. The molecule has 1 saturated heterocycles. The van der Waals surface area contributed by atoms with Crippen LogP contribution in [0.15, 0.2) is 24.4 Å². The molecule has 1 aromatic carbocycles. The number of hydrogen-bond donors (Lipinski definition) is 2. The summed E-state index contributed by atoms with van der Waals surface area (Å²) in [6, 6.07) is 3.56. The van der Waals surface area contributed by atoms with Crippen molar-refractivity contribution in [3.05, 3.63) is 41.7 Å². The molecule has 0 radical (unpaired) electrons. The first kappa shape index (κ1) is 19.9. The lowest BCUT2D eigenvalue weighted by molar-refractivity contribution is 0.102. The van der Waals surface area contributed by atoms with Crippen molar-refractivity contribution in [2.45, 2.75) is 19.3 Å². The van der Waals surface area contributed by atoms with Crippen molar-refractivity contribution in [1.82, 2.24) is 14.8 Å². The van der Waals surface area contributed by atoms with Gasteiger partial charge in [0.2, 0.25) is 0 Å². The van der Waals surface area contributed by atoms with E-state index in [1.165, 1.54) is 25.3 Å². The highest BCUT2D eigenvalue weighted by atomic mass is 32.1. The smallest absolute Gasteiger partial charge is 0.277 e. The van der Waals surface area contributed by atoms with Crippen LogP contribution in [0.5, 0.6) is 0 Å². The molecule has 2 unspecified atom stereocenters. The van der Waals surface area contributed by atoms with E-state index in [1.54, 1.807) is 10.9 Å². The zero-order valence-corrected chi connectivity index (χ0v) is 17.8. The highest BCUT2D eigenvalue weighted by Crippen LogP contribution is 2.40. The molecule has 31 heavy (non-hydrogen) atoms. The summed E-state index contributed by atoms with van der Waals surface area (Å²) < 4.78 is 30.0. The highest BCUT2D eigenvalue weighted by Gasteiger charge is 2.35. The Morgan fingerprint density at radius 2 is 1.90 bits per heavy atom. The monoisotopic (exact) mass is 444 g/mol. The molecule has 2 fully saturated rings. The second-order valence-corrected chi connectivity index (χ2v) is 9.27. The fraction of sp³-hybridized carbons (Fsp3) is 0.381. The Hall–Kier alpha value is -3.01. The third kappa shape index (κ3) is 3.54. The lowest BCUT2D eigenvalue weighted by Gasteiger charge is -2.33. The summed E-state index contributed by atoms with van der Waals surface area (Å²) in [6.45, 7) is 1.88. The van der Waals surface area contributed by atoms with Crippen LogP contribution in [0, 0.1) is 23.5 Å². The SMILES string of the molecule is Cn1ncc(NC(=O)c2nc(-c3c(F)cccc3F)sc2N)c1N1CC2CCC(C2)C1. The molecule has 2 aromatic heterocycles. The van der Waals surface area contributed by atoms with E-state index < -0.39 is 17.5 Å². The van der Waals surface area contributed by atoms with E-state index in [2.05, 4.69) is 20.3 Å². The van der Waals surface area contributed by atoms with Crippen molar-refractivity contribution in [3.63, 3.8) is 0 Å². The van der Waals surface area contributed by atoms with Crippen LogP contribution >= 0.6 is 11.3 Å². The van der Waals surface area contributed by atoms with Gasteiger partial charge < -0.3 is 16.0 Å². The average Bonchev–Trinajstić information content (AvgIpc) is 3.38. The zero-order valence-electron chi connectivity index (χ0n) is 16.9. The van der Waals surface area contributed by atoms with Crippen LogP contribution in [0.4, 0.5) is 25.3 Å². The molecule has 162 valence electrons. The molecule has 1 saturated carbocycles. The van der Waals surface area contributed by atoms with Crippen LogP contribution in [0.1, 0.15) is 29.8 Å². The van der Waals surface area contributed by atoms with E-state index in [-0.39, 0.29) is 21.3 Å². The van der Waals surface area contributed by atoms with Crippen LogP contribution in [0.2, 0.25) is 0 Å². The van der Waals surface area contributed by atoms with E-state index >= 15 is 0 Å². The molecule has 2 aliphatic rings. The third-order valence-electron chi connectivity index (χ3n) is 6.11. The predicted molar refractivity (Wildman–Crippen MR) is 116 cm³/mol. The molecule has 1 amide bonds. The number of benzene rings is 1. The molecular weight excluding hydrogens is 422 g/mol. The Labute approximate surface area is 181 Å². The molecule has 1 aliphatic carbocycles. The van der Waals surface area contributed by atoms with E-state index in [0.29, 0.717) is 17.5 Å². The standard InChI is InChI=1S/C21H22F2N6OS/c1-28-21(29-9-11-5-6-12(7-11)10-29)15(8-25-28)26-19(30)17-18(24)31-20(27-17)16-13(22)3-2-4-14(16)23/h2-4,8,11-12H,5-7,9-10,24H2,1H3,(H,26,30). The summed E-state index contributed by atoms with van der Waals surface area (Å²) in [6.07, 6.45) is 5.35. The van der Waals surface area contributed by atoms with Crippen molar-refractivity contribution in [2.75, 3.05) is 29.0 Å². The van der Waals surface area contributed by atoms with E-state index in [0.717, 1.165) is 42.4 Å². The average molecular weight is 445 g/mol. The van der Waals surface area contributed by atoms with Crippen LogP contribution in [0.3, 0.4) is 0 Å². The van der Waals surface area contributed by atoms with Gasteiger partial charge in [-0.15, -0.1) is 0 Å². The number of aryl methyl sites for hydroxylation is 1. The first-order valence-corrected chi connectivity index (χ1v) is 11.0. The Balaban J connectivity index is 1.41. The molecule has 10 heteroatoms. The number of nitrogen functional groups attached to an aromatic ring is 1. The van der Waals surface area contributed by atoms with Crippen molar-refractivity contribution in [2.24, 2.45) is 18.9 Å². The second-order valence-electron chi connectivity index (χ2n) is 8.24. The fourth-order valence-corrected chi connectivity index (χ4v) is 5.64. The number of aromatic nitrogens is 3. The van der Waals surface area contributed by atoms with E-state index in [9.17, 15) is 13.6 Å². The maximum atomic E-state index is 14.1. The Morgan fingerprint density at radius 1 is 1.23 bits per heavy atom. The molecule has 0 spiro atoms. The quantitative estimate of drug-likeness (QED) is 0.637. The Bertz CT molecular complexity index is 1130. The minimum absolute atomic E-state index is 0.0252. The van der Waals surface area contributed by atoms with Crippen LogP contribution < -0.4 is 16.0 Å². The highest BCUT2D eigenvalue weighted by molar-refractivity contribution is 7.19. The van der Waals surface area contributed by atoms with Gasteiger partial charge in [-0.1, -0.05) is 17.4 Å². The number of amides is 1. The van der Waals surface area contributed by atoms with Crippen molar-refractivity contribution < 1.29 is 13.6 Å². The van der Waals surface area contributed by atoms with Gasteiger partial charge in [-0.3, -0.25) is 9.48 Å². The van der Waals surface area contributed by atoms with Gasteiger partial charge in [-0.05, 0) is 43.2 Å². The van der Waals surface area contributed by atoms with Crippen LogP contribution in [0.25, 0.3) is 10.6 Å². The molecule has 3 aromatic rings. The summed E-state index contributed by atoms with van der Waals surface area (Å²) in [5, 5.41) is 7.28. The van der Waals surface area contributed by atoms with Gasteiger partial charge in [0.25, 0.3) is 5.91 Å². The lowest BCUT2D eigenvalue weighted by Crippen LogP contribution is -2.38. The minimum atomic E-state index is -0.755. The van der Waals surface area contributed by atoms with E-state index in [1.807, 2.05) is 7.05 Å². The second kappa shape index (κ2) is 7.60. The maximum absolute atomic E-state index is 14.1. The lowest BCUT2D eigenvalue weighted by atomic mass is 9.99. The number of fused-ring (bicyclic) bond motifs is 2. The van der Waals surface area contributed by atoms with Gasteiger partial charge in [0, 0.05) is 20.1 Å². The molecule has 2 bridgehead atoms. The maximum Gasteiger partial charge on any atom is 0.277 e. The number of anilines is 3. The number of halogens is 2. The first-order valence-electron chi connectivity index (χ1n) is 10.2. The van der Waals surface area contributed by atoms with Gasteiger partial charge in [-0.2, -0.15) is 5.10 Å². The van der Waals surface area contributed by atoms with Crippen LogP contribution in [-0.2, 0) is 7.05 Å². The Kier molecular flexibility index (Phi) is 4.88. The largest absolute Gasteiger partial charge is 0.389 e. The number of nitrogens with zero attached hydrogens (tertiary/aromatic N) is 4. The van der Waals surface area contributed by atoms with Crippen molar-refractivity contribution in [1.29, 1.82) is 0 Å². The fourth-order valence-electron chi connectivity index (χ4n) is 4.76. The van der Waals surface area contributed by atoms with Gasteiger partial charge in [0.15, 0.2) is 11.5 Å². The number of thiazole rings is 1. The molecule has 7 nitrogen and oxygen atoms in total.